The first-order valence-electron chi connectivity index (χ1n) is 5.60. The molecule has 6 heteroatoms. The van der Waals surface area contributed by atoms with Crippen LogP contribution < -0.4 is 11.3 Å². The van der Waals surface area contributed by atoms with Crippen LogP contribution in [0.4, 0.5) is 0 Å². The molecule has 0 amide bonds. The van der Waals surface area contributed by atoms with Gasteiger partial charge in [-0.25, -0.2) is 5.43 Å². The number of halogens is 2. The molecule has 0 aliphatic rings. The zero-order valence-corrected chi connectivity index (χ0v) is 13.1. The summed E-state index contributed by atoms with van der Waals surface area (Å²) in [6, 6.07) is 7.92. The van der Waals surface area contributed by atoms with E-state index in [2.05, 4.69) is 49.3 Å². The first-order chi connectivity index (χ1) is 8.67. The second-order valence-corrected chi connectivity index (χ2v) is 5.61. The minimum atomic E-state index is -0.0880. The van der Waals surface area contributed by atoms with Crippen molar-refractivity contribution in [1.82, 2.24) is 15.2 Å². The summed E-state index contributed by atoms with van der Waals surface area (Å²) in [7, 11) is 0. The lowest BCUT2D eigenvalue weighted by Crippen LogP contribution is -2.31. The molecular weight excluding hydrogens is 360 g/mol. The van der Waals surface area contributed by atoms with Crippen molar-refractivity contribution < 1.29 is 0 Å². The fourth-order valence-electron chi connectivity index (χ4n) is 1.92. The Hall–Kier alpha value is -0.690. The normalized spacial score (nSPS) is 12.7. The van der Waals surface area contributed by atoms with Gasteiger partial charge in [-0.05, 0) is 30.7 Å². The van der Waals surface area contributed by atoms with E-state index in [1.807, 2.05) is 28.9 Å². The number of aryl methyl sites for hydroxylation is 1. The topological polar surface area (TPSA) is 55.9 Å². The molecular formula is C12H14Br2N4. The van der Waals surface area contributed by atoms with Gasteiger partial charge in [-0.15, -0.1) is 0 Å². The van der Waals surface area contributed by atoms with E-state index >= 15 is 0 Å². The number of nitrogens with two attached hydrogens (primary N) is 1. The third-order valence-electron chi connectivity index (χ3n) is 2.78. The molecule has 3 N–H and O–H groups in total. The molecule has 4 nitrogen and oxygen atoms in total. The van der Waals surface area contributed by atoms with Crippen LogP contribution in [0.1, 0.15) is 24.2 Å². The Morgan fingerprint density at radius 3 is 2.78 bits per heavy atom. The van der Waals surface area contributed by atoms with Gasteiger partial charge < -0.3 is 0 Å². The van der Waals surface area contributed by atoms with E-state index in [1.165, 1.54) is 0 Å². The van der Waals surface area contributed by atoms with Crippen LogP contribution in [0.3, 0.4) is 0 Å². The summed E-state index contributed by atoms with van der Waals surface area (Å²) >= 11 is 7.01. The zero-order chi connectivity index (χ0) is 13.1. The van der Waals surface area contributed by atoms with Crippen LogP contribution in [-0.4, -0.2) is 9.78 Å². The number of nitrogens with one attached hydrogen (secondary N) is 1. The Kier molecular flexibility index (Phi) is 4.55. The molecule has 0 spiro atoms. The van der Waals surface area contributed by atoms with E-state index in [4.69, 9.17) is 5.84 Å². The molecule has 1 aromatic carbocycles. The van der Waals surface area contributed by atoms with Gasteiger partial charge in [0.05, 0.1) is 11.7 Å². The summed E-state index contributed by atoms with van der Waals surface area (Å²) in [4.78, 5) is 0. The van der Waals surface area contributed by atoms with Gasteiger partial charge in [-0.2, -0.15) is 5.10 Å². The van der Waals surface area contributed by atoms with Gasteiger partial charge in [0.1, 0.15) is 0 Å². The quantitative estimate of drug-likeness (QED) is 0.639. The molecule has 0 saturated heterocycles. The molecule has 0 radical (unpaired) electrons. The van der Waals surface area contributed by atoms with Gasteiger partial charge in [0.15, 0.2) is 0 Å². The monoisotopic (exact) mass is 372 g/mol. The molecule has 1 aromatic heterocycles. The number of rotatable bonds is 4. The largest absolute Gasteiger partial charge is 0.271 e. The highest BCUT2D eigenvalue weighted by Crippen LogP contribution is 2.30. The average Bonchev–Trinajstić information content (AvgIpc) is 2.81. The number of hydrogen-bond acceptors (Lipinski definition) is 3. The van der Waals surface area contributed by atoms with E-state index in [0.29, 0.717) is 0 Å². The molecule has 1 unspecified atom stereocenters. The van der Waals surface area contributed by atoms with Crippen LogP contribution in [0.15, 0.2) is 39.4 Å². The maximum Gasteiger partial charge on any atom is 0.0889 e. The third kappa shape index (κ3) is 2.66. The fraction of sp³-hybridized carbons (Fsp3) is 0.250. The van der Waals surface area contributed by atoms with E-state index in [-0.39, 0.29) is 6.04 Å². The smallest absolute Gasteiger partial charge is 0.0889 e. The minimum absolute atomic E-state index is 0.0880. The molecule has 0 bridgehead atoms. The highest BCUT2D eigenvalue weighted by molar-refractivity contribution is 9.11. The standard InChI is InChI=1S/C12H14Br2N4/c1-2-18-11(5-6-16-18)12(17-15)9-4-3-8(13)7-10(9)14/h3-7,12,17H,2,15H2,1H3. The van der Waals surface area contributed by atoms with Crippen molar-refractivity contribution in [3.63, 3.8) is 0 Å². The molecule has 0 saturated carbocycles. The van der Waals surface area contributed by atoms with Gasteiger partial charge >= 0.3 is 0 Å². The van der Waals surface area contributed by atoms with Crippen molar-refractivity contribution in [1.29, 1.82) is 0 Å². The number of hydrogen-bond donors (Lipinski definition) is 2. The minimum Gasteiger partial charge on any atom is -0.271 e. The SMILES string of the molecule is CCn1nccc1C(NN)c1ccc(Br)cc1Br. The van der Waals surface area contributed by atoms with Crippen molar-refractivity contribution in [2.24, 2.45) is 5.84 Å². The second-order valence-electron chi connectivity index (χ2n) is 3.84. The number of aromatic nitrogens is 2. The van der Waals surface area contributed by atoms with E-state index < -0.39 is 0 Å². The fourth-order valence-corrected chi connectivity index (χ4v) is 3.20. The summed E-state index contributed by atoms with van der Waals surface area (Å²) in [5.74, 6) is 5.70. The molecule has 1 atom stereocenters. The van der Waals surface area contributed by atoms with Crippen LogP contribution in [0, 0.1) is 0 Å². The molecule has 2 rings (SSSR count). The van der Waals surface area contributed by atoms with Crippen molar-refractivity contribution in [2.75, 3.05) is 0 Å². The van der Waals surface area contributed by atoms with Crippen molar-refractivity contribution in [3.8, 4) is 0 Å². The highest BCUT2D eigenvalue weighted by Gasteiger charge is 2.18. The molecule has 0 aliphatic carbocycles. The Balaban J connectivity index is 2.45. The molecule has 96 valence electrons. The summed E-state index contributed by atoms with van der Waals surface area (Å²) in [6.45, 7) is 2.87. The van der Waals surface area contributed by atoms with Crippen molar-refractivity contribution in [2.45, 2.75) is 19.5 Å². The second kappa shape index (κ2) is 5.97. The van der Waals surface area contributed by atoms with Gasteiger partial charge in [-0.3, -0.25) is 10.5 Å². The van der Waals surface area contributed by atoms with Crippen LogP contribution in [-0.2, 0) is 6.54 Å². The molecule has 0 fully saturated rings. The van der Waals surface area contributed by atoms with Crippen LogP contribution >= 0.6 is 31.9 Å². The highest BCUT2D eigenvalue weighted by atomic mass is 79.9. The predicted octanol–water partition coefficient (Wildman–Crippen LogP) is 2.98. The Morgan fingerprint density at radius 1 is 1.39 bits per heavy atom. The molecule has 0 aliphatic heterocycles. The Labute approximate surface area is 123 Å². The number of benzene rings is 1. The van der Waals surface area contributed by atoms with Crippen molar-refractivity contribution >= 4 is 31.9 Å². The zero-order valence-electron chi connectivity index (χ0n) is 9.90. The molecule has 2 aromatic rings. The average molecular weight is 374 g/mol. The van der Waals surface area contributed by atoms with E-state index in [1.54, 1.807) is 6.20 Å². The first-order valence-corrected chi connectivity index (χ1v) is 7.18. The first kappa shape index (κ1) is 13.7. The van der Waals surface area contributed by atoms with Crippen molar-refractivity contribution in [3.05, 3.63) is 50.7 Å². The maximum absolute atomic E-state index is 5.70. The summed E-state index contributed by atoms with van der Waals surface area (Å²) in [6.07, 6.45) is 1.79. The molecule has 18 heavy (non-hydrogen) atoms. The van der Waals surface area contributed by atoms with E-state index in [0.717, 1.165) is 26.7 Å². The van der Waals surface area contributed by atoms with Crippen LogP contribution in [0.25, 0.3) is 0 Å². The van der Waals surface area contributed by atoms with Crippen LogP contribution in [0.2, 0.25) is 0 Å². The summed E-state index contributed by atoms with van der Waals surface area (Å²) in [5, 5.41) is 4.27. The summed E-state index contributed by atoms with van der Waals surface area (Å²) < 4.78 is 3.96. The third-order valence-corrected chi connectivity index (χ3v) is 3.96. The van der Waals surface area contributed by atoms with Gasteiger partial charge in [0.2, 0.25) is 0 Å². The maximum atomic E-state index is 5.70. The van der Waals surface area contributed by atoms with Crippen LogP contribution in [0.5, 0.6) is 0 Å². The number of hydrazine groups is 1. The van der Waals surface area contributed by atoms with Gasteiger partial charge in [0, 0.05) is 21.7 Å². The van der Waals surface area contributed by atoms with Gasteiger partial charge in [0.25, 0.3) is 0 Å². The van der Waals surface area contributed by atoms with Gasteiger partial charge in [-0.1, -0.05) is 37.9 Å². The predicted molar refractivity (Wildman–Crippen MR) is 78.9 cm³/mol. The Bertz CT molecular complexity index is 539. The lowest BCUT2D eigenvalue weighted by molar-refractivity contribution is 0.542. The lowest BCUT2D eigenvalue weighted by atomic mass is 10.0. The number of nitrogens with zero attached hydrogens (tertiary/aromatic N) is 2. The summed E-state index contributed by atoms with van der Waals surface area (Å²) in [5.41, 5.74) is 4.97. The lowest BCUT2D eigenvalue weighted by Gasteiger charge is -2.19. The molecule has 1 heterocycles. The Morgan fingerprint density at radius 2 is 2.17 bits per heavy atom. The van der Waals surface area contributed by atoms with E-state index in [9.17, 15) is 0 Å².